The number of guanidine groups is 2. The lowest BCUT2D eigenvalue weighted by molar-refractivity contribution is -0.135. The minimum absolute atomic E-state index is 0.00939. The van der Waals surface area contributed by atoms with Gasteiger partial charge in [-0.2, -0.15) is 0 Å². The van der Waals surface area contributed by atoms with E-state index < -0.39 is 77.6 Å². The van der Waals surface area contributed by atoms with Crippen LogP contribution in [-0.4, -0.2) is 119 Å². The van der Waals surface area contributed by atoms with Gasteiger partial charge in [-0.05, 0) is 80.3 Å². The number of hydrogen-bond acceptors (Lipinski definition) is 10. The van der Waals surface area contributed by atoms with E-state index >= 15 is 0 Å². The van der Waals surface area contributed by atoms with Gasteiger partial charge in [-0.1, -0.05) is 66.7 Å². The molecule has 0 unspecified atom stereocenters. The van der Waals surface area contributed by atoms with E-state index in [0.717, 1.165) is 27.4 Å². The maximum Gasteiger partial charge on any atom is 0.243 e. The molecule has 396 valence electrons. The number of aliphatic imine (C=N–C) groups is 2. The second kappa shape index (κ2) is 28.5. The number of nitrogens with zero attached hydrogens (tertiary/aromatic N) is 2. The Morgan fingerprint density at radius 1 is 0.473 bits per heavy atom. The first-order chi connectivity index (χ1) is 35.5. The molecule has 0 spiro atoms. The predicted molar refractivity (Wildman–Crippen MR) is 283 cm³/mol. The first-order valence-electron chi connectivity index (χ1n) is 24.6. The van der Waals surface area contributed by atoms with Crippen LogP contribution in [0.1, 0.15) is 68.6 Å². The molecule has 5 rings (SSSR count). The molecular formula is C51H70N16O7. The summed E-state index contributed by atoms with van der Waals surface area (Å²) in [5.74, 6) is -5.21. The second-order valence-corrected chi connectivity index (χ2v) is 18.0. The van der Waals surface area contributed by atoms with Crippen LogP contribution in [0.3, 0.4) is 0 Å². The number of hydrogen-bond donors (Lipinski definition) is 14. The van der Waals surface area contributed by atoms with Gasteiger partial charge in [0.25, 0.3) is 0 Å². The van der Waals surface area contributed by atoms with E-state index in [1.807, 2.05) is 48.5 Å². The minimum Gasteiger partial charge on any atom is -0.370 e. The zero-order valence-corrected chi connectivity index (χ0v) is 41.5. The number of para-hydroxylation sites is 2. The number of carbonyl (C=O) groups excluding carboxylic acids is 7. The van der Waals surface area contributed by atoms with Crippen LogP contribution in [0.2, 0.25) is 0 Å². The Kier molecular flexibility index (Phi) is 21.8. The Bertz CT molecular complexity index is 2750. The average Bonchev–Trinajstić information content (AvgIpc) is 3.98. The molecule has 20 N–H and O–H groups in total. The van der Waals surface area contributed by atoms with Crippen molar-refractivity contribution in [1.82, 2.24) is 41.9 Å². The normalized spacial score (nSPS) is 13.5. The van der Waals surface area contributed by atoms with Crippen LogP contribution in [0.25, 0.3) is 21.8 Å². The number of H-pyrrole nitrogens is 2. The quantitative estimate of drug-likeness (QED) is 0.0155. The van der Waals surface area contributed by atoms with Gasteiger partial charge in [-0.3, -0.25) is 43.5 Å². The molecule has 0 aliphatic carbocycles. The highest BCUT2D eigenvalue weighted by molar-refractivity contribution is 5.98. The van der Waals surface area contributed by atoms with Gasteiger partial charge in [-0.25, -0.2) is 0 Å². The zero-order valence-electron chi connectivity index (χ0n) is 41.5. The van der Waals surface area contributed by atoms with Gasteiger partial charge in [0, 0.05) is 73.5 Å². The molecule has 0 fully saturated rings. The molecule has 23 heteroatoms. The SMILES string of the molecule is CC(=O)N[C@@H](CCCN=C(N)N)C(=O)N[C@@H](CCCCN)C(=O)N[C@@H](CCCN=C(N)N)C(=O)N[C@@H](Cc1c[nH]c2ccccc12)C(=O)N[C@@H](Cc1ccccc1)C(=O)N[C@@H](Cc1c[nH]c2ccccc12)C(N)=O. The monoisotopic (exact) mass is 1020 g/mol. The molecule has 0 aliphatic heterocycles. The highest BCUT2D eigenvalue weighted by Gasteiger charge is 2.34. The summed E-state index contributed by atoms with van der Waals surface area (Å²) in [5.41, 5.74) is 37.4. The molecule has 3 aromatic carbocycles. The van der Waals surface area contributed by atoms with E-state index in [2.05, 4.69) is 51.9 Å². The lowest BCUT2D eigenvalue weighted by Crippen LogP contribution is -2.60. The molecule has 74 heavy (non-hydrogen) atoms. The number of amides is 7. The fourth-order valence-electron chi connectivity index (χ4n) is 8.45. The van der Waals surface area contributed by atoms with Crippen LogP contribution in [0.4, 0.5) is 0 Å². The lowest BCUT2D eigenvalue weighted by Gasteiger charge is -2.28. The zero-order chi connectivity index (χ0) is 53.6. The van der Waals surface area contributed by atoms with Gasteiger partial charge in [0.15, 0.2) is 11.9 Å². The van der Waals surface area contributed by atoms with Crippen molar-refractivity contribution in [2.24, 2.45) is 44.4 Å². The number of aromatic amines is 2. The maximum atomic E-state index is 14.8. The lowest BCUT2D eigenvalue weighted by atomic mass is 10.00. The van der Waals surface area contributed by atoms with Crippen molar-refractivity contribution in [1.29, 1.82) is 0 Å². The molecular weight excluding hydrogens is 949 g/mol. The van der Waals surface area contributed by atoms with E-state index in [1.165, 1.54) is 6.92 Å². The molecule has 0 saturated carbocycles. The van der Waals surface area contributed by atoms with Crippen molar-refractivity contribution in [3.05, 3.63) is 108 Å². The largest absolute Gasteiger partial charge is 0.370 e. The summed E-state index contributed by atoms with van der Waals surface area (Å²) < 4.78 is 0. The number of primary amides is 1. The van der Waals surface area contributed by atoms with Gasteiger partial charge in [0.1, 0.15) is 36.3 Å². The molecule has 0 bridgehead atoms. The first-order valence-corrected chi connectivity index (χ1v) is 24.6. The molecule has 0 saturated heterocycles. The van der Waals surface area contributed by atoms with Crippen LogP contribution >= 0.6 is 0 Å². The summed E-state index contributed by atoms with van der Waals surface area (Å²) in [5, 5.41) is 18.2. The van der Waals surface area contributed by atoms with Crippen LogP contribution in [0, 0.1) is 0 Å². The van der Waals surface area contributed by atoms with Crippen LogP contribution in [0.15, 0.2) is 101 Å². The number of nitrogens with two attached hydrogens (primary N) is 6. The van der Waals surface area contributed by atoms with Gasteiger partial charge in [-0.15, -0.1) is 0 Å². The number of fused-ring (bicyclic) bond motifs is 2. The minimum atomic E-state index is -1.36. The van der Waals surface area contributed by atoms with Crippen molar-refractivity contribution >= 4 is 75.1 Å². The molecule has 7 amide bonds. The molecule has 23 nitrogen and oxygen atoms in total. The van der Waals surface area contributed by atoms with Crippen molar-refractivity contribution in [3.8, 4) is 0 Å². The highest BCUT2D eigenvalue weighted by Crippen LogP contribution is 2.21. The Morgan fingerprint density at radius 3 is 1.32 bits per heavy atom. The molecule has 2 aromatic heterocycles. The van der Waals surface area contributed by atoms with E-state index in [0.29, 0.717) is 36.9 Å². The number of rotatable bonds is 30. The van der Waals surface area contributed by atoms with E-state index in [9.17, 15) is 33.6 Å². The third-order valence-corrected chi connectivity index (χ3v) is 12.2. The van der Waals surface area contributed by atoms with Crippen LogP contribution in [-0.2, 0) is 52.8 Å². The number of aromatic nitrogens is 2. The Morgan fingerprint density at radius 2 is 0.865 bits per heavy atom. The Labute approximate surface area is 428 Å². The van der Waals surface area contributed by atoms with Crippen molar-refractivity contribution in [3.63, 3.8) is 0 Å². The third-order valence-electron chi connectivity index (χ3n) is 12.2. The number of benzene rings is 3. The van der Waals surface area contributed by atoms with Gasteiger partial charge in [0.2, 0.25) is 41.4 Å². The van der Waals surface area contributed by atoms with E-state index in [1.54, 1.807) is 42.7 Å². The summed E-state index contributed by atoms with van der Waals surface area (Å²) >= 11 is 0. The van der Waals surface area contributed by atoms with Crippen LogP contribution in [0.5, 0.6) is 0 Å². The molecule has 5 aromatic rings. The number of nitrogens with one attached hydrogen (secondary N) is 8. The highest BCUT2D eigenvalue weighted by atomic mass is 16.2. The fourth-order valence-corrected chi connectivity index (χ4v) is 8.45. The smallest absolute Gasteiger partial charge is 0.243 e. The topological polar surface area (TPSA) is 404 Å². The molecule has 2 heterocycles. The first kappa shape index (κ1) is 56.4. The van der Waals surface area contributed by atoms with Gasteiger partial charge in [0.05, 0.1) is 0 Å². The van der Waals surface area contributed by atoms with Crippen molar-refractivity contribution < 1.29 is 33.6 Å². The van der Waals surface area contributed by atoms with E-state index in [-0.39, 0.29) is 70.0 Å². The molecule has 0 aliphatic rings. The second-order valence-electron chi connectivity index (χ2n) is 18.0. The summed E-state index contributed by atoms with van der Waals surface area (Å²) in [4.78, 5) is 111. The van der Waals surface area contributed by atoms with Crippen LogP contribution < -0.4 is 66.3 Å². The van der Waals surface area contributed by atoms with Crippen molar-refractivity contribution in [2.45, 2.75) is 107 Å². The number of unbranched alkanes of at least 4 members (excludes halogenated alkanes) is 1. The fraction of sp³-hybridized carbons (Fsp3) is 0.392. The summed E-state index contributed by atoms with van der Waals surface area (Å²) in [6.45, 7) is 1.83. The summed E-state index contributed by atoms with van der Waals surface area (Å²) in [6, 6.07) is 16.4. The average molecular weight is 1020 g/mol. The summed E-state index contributed by atoms with van der Waals surface area (Å²) in [6.07, 6.45) is 5.10. The van der Waals surface area contributed by atoms with Gasteiger partial charge >= 0.3 is 0 Å². The van der Waals surface area contributed by atoms with E-state index in [4.69, 9.17) is 34.4 Å². The predicted octanol–water partition coefficient (Wildman–Crippen LogP) is -0.673. The van der Waals surface area contributed by atoms with Gasteiger partial charge < -0.3 is 76.3 Å². The molecule has 6 atom stereocenters. The summed E-state index contributed by atoms with van der Waals surface area (Å²) in [7, 11) is 0. The van der Waals surface area contributed by atoms with Crippen molar-refractivity contribution in [2.75, 3.05) is 19.6 Å². The maximum absolute atomic E-state index is 14.8. The Hall–Kier alpha value is -8.47. The standard InChI is InChI=1S/C51H70N16O7/c1-30(68)62-38(20-11-23-58-50(54)55)45(70)63-39(19-9-10-22-52)46(71)64-40(21-12-24-59-51(56)57)47(72)67-43(27-33-29-61-37-18-8-6-16-35(33)37)49(74)66-42(25-31-13-3-2-4-14-31)48(73)65-41(44(53)69)26-32-28-60-36-17-7-5-15-34(32)36/h2-8,13-18,28-29,38-43,60-61H,9-12,19-27,52H2,1H3,(H2,53,69)(H,62,68)(H,63,70)(H,64,71)(H,65,73)(H,66,74)(H,67,72)(H4,54,55,58)(H4,56,57,59)/t38-,39-,40-,41-,42-,43-/m0/s1. The molecule has 0 radical (unpaired) electrons. The number of carbonyl (C=O) groups is 7. The third kappa shape index (κ3) is 17.7. The Balaban J connectivity index is 1.44.